The first-order chi connectivity index (χ1) is 15.8. The standard InChI is InChI=1S/C24H27N3O6/c1-4-32-24(31)33-20-11-5-16(6-12-20)22(29)25-18-7-9-19(10-8-18)26-23(30)17-13-21(28)27(14-17)15(2)3/h5-12,15,17H,4,13-14H2,1-3H3,(H,25,29)(H,26,30). The van der Waals surface area contributed by atoms with Gasteiger partial charge in [0.1, 0.15) is 5.75 Å². The number of ether oxygens (including phenoxy) is 2. The fourth-order valence-electron chi connectivity index (χ4n) is 3.41. The highest BCUT2D eigenvalue weighted by Crippen LogP contribution is 2.23. The van der Waals surface area contributed by atoms with Crippen molar-refractivity contribution in [3.05, 3.63) is 54.1 Å². The molecule has 2 aromatic carbocycles. The van der Waals surface area contributed by atoms with E-state index < -0.39 is 6.16 Å². The molecule has 3 rings (SSSR count). The van der Waals surface area contributed by atoms with Gasteiger partial charge in [-0.05, 0) is 69.3 Å². The molecular formula is C24H27N3O6. The lowest BCUT2D eigenvalue weighted by molar-refractivity contribution is -0.129. The van der Waals surface area contributed by atoms with Gasteiger partial charge in [0, 0.05) is 35.9 Å². The van der Waals surface area contributed by atoms with Crippen molar-refractivity contribution in [2.45, 2.75) is 33.2 Å². The maximum atomic E-state index is 12.5. The third kappa shape index (κ3) is 6.31. The van der Waals surface area contributed by atoms with Gasteiger partial charge < -0.3 is 25.0 Å². The molecule has 1 unspecified atom stereocenters. The lowest BCUT2D eigenvalue weighted by Gasteiger charge is -2.20. The van der Waals surface area contributed by atoms with Crippen LogP contribution in [0, 0.1) is 5.92 Å². The van der Waals surface area contributed by atoms with E-state index in [1.807, 2.05) is 13.8 Å². The van der Waals surface area contributed by atoms with E-state index in [2.05, 4.69) is 10.6 Å². The minimum Gasteiger partial charge on any atom is -0.434 e. The second-order valence-corrected chi connectivity index (χ2v) is 7.87. The summed E-state index contributed by atoms with van der Waals surface area (Å²) < 4.78 is 9.66. The number of anilines is 2. The summed E-state index contributed by atoms with van der Waals surface area (Å²) in [5.74, 6) is -0.662. The molecule has 9 nitrogen and oxygen atoms in total. The summed E-state index contributed by atoms with van der Waals surface area (Å²) in [6, 6.07) is 12.8. The van der Waals surface area contributed by atoms with Crippen LogP contribution in [0.4, 0.5) is 16.2 Å². The van der Waals surface area contributed by atoms with E-state index in [1.54, 1.807) is 36.1 Å². The molecule has 1 aliphatic heterocycles. The monoisotopic (exact) mass is 453 g/mol. The van der Waals surface area contributed by atoms with Gasteiger partial charge in [-0.15, -0.1) is 0 Å². The van der Waals surface area contributed by atoms with E-state index in [1.165, 1.54) is 24.3 Å². The van der Waals surface area contributed by atoms with E-state index in [4.69, 9.17) is 9.47 Å². The first kappa shape index (κ1) is 23.8. The quantitative estimate of drug-likeness (QED) is 0.488. The van der Waals surface area contributed by atoms with Crippen LogP contribution in [0.15, 0.2) is 48.5 Å². The van der Waals surface area contributed by atoms with E-state index >= 15 is 0 Å². The molecule has 0 spiro atoms. The number of likely N-dealkylation sites (tertiary alicyclic amines) is 1. The Labute approximate surface area is 192 Å². The third-order valence-corrected chi connectivity index (χ3v) is 5.14. The molecule has 0 bridgehead atoms. The van der Waals surface area contributed by atoms with Crippen LogP contribution in [0.2, 0.25) is 0 Å². The molecule has 1 atom stereocenters. The molecule has 1 aliphatic rings. The smallest absolute Gasteiger partial charge is 0.434 e. The van der Waals surface area contributed by atoms with Gasteiger partial charge >= 0.3 is 6.16 Å². The van der Waals surface area contributed by atoms with Gasteiger partial charge in [-0.3, -0.25) is 14.4 Å². The van der Waals surface area contributed by atoms with Crippen LogP contribution in [0.25, 0.3) is 0 Å². The van der Waals surface area contributed by atoms with Crippen LogP contribution < -0.4 is 15.4 Å². The molecule has 1 heterocycles. The largest absolute Gasteiger partial charge is 0.513 e. The molecular weight excluding hydrogens is 426 g/mol. The fraction of sp³-hybridized carbons (Fsp3) is 0.333. The van der Waals surface area contributed by atoms with Gasteiger partial charge in [0.2, 0.25) is 11.8 Å². The summed E-state index contributed by atoms with van der Waals surface area (Å²) in [6.45, 7) is 6.15. The molecule has 0 radical (unpaired) electrons. The van der Waals surface area contributed by atoms with Crippen LogP contribution in [0.5, 0.6) is 5.75 Å². The second kappa shape index (κ2) is 10.6. The molecule has 0 aromatic heterocycles. The van der Waals surface area contributed by atoms with Gasteiger partial charge in [-0.2, -0.15) is 0 Å². The number of benzene rings is 2. The summed E-state index contributed by atoms with van der Waals surface area (Å²) in [7, 11) is 0. The highest BCUT2D eigenvalue weighted by atomic mass is 16.7. The summed E-state index contributed by atoms with van der Waals surface area (Å²) in [5.41, 5.74) is 1.50. The Kier molecular flexibility index (Phi) is 7.66. The highest BCUT2D eigenvalue weighted by molar-refractivity contribution is 6.04. The Bertz CT molecular complexity index is 1020. The Morgan fingerprint density at radius 3 is 2.15 bits per heavy atom. The molecule has 1 fully saturated rings. The number of hydrogen-bond acceptors (Lipinski definition) is 6. The first-order valence-corrected chi connectivity index (χ1v) is 10.7. The zero-order valence-electron chi connectivity index (χ0n) is 18.8. The average molecular weight is 453 g/mol. The Morgan fingerprint density at radius 1 is 1.00 bits per heavy atom. The van der Waals surface area contributed by atoms with Crippen molar-refractivity contribution in [3.63, 3.8) is 0 Å². The van der Waals surface area contributed by atoms with Gasteiger partial charge in [0.25, 0.3) is 5.91 Å². The predicted molar refractivity (Wildman–Crippen MR) is 122 cm³/mol. The normalized spacial score (nSPS) is 15.3. The van der Waals surface area contributed by atoms with Crippen LogP contribution in [0.3, 0.4) is 0 Å². The molecule has 3 amide bonds. The summed E-state index contributed by atoms with van der Waals surface area (Å²) in [6.07, 6.45) is -0.597. The molecule has 9 heteroatoms. The molecule has 0 saturated carbocycles. The Balaban J connectivity index is 1.53. The number of hydrogen-bond donors (Lipinski definition) is 2. The number of nitrogens with zero attached hydrogens (tertiary/aromatic N) is 1. The van der Waals surface area contributed by atoms with Crippen LogP contribution in [-0.4, -0.2) is 48.0 Å². The summed E-state index contributed by atoms with van der Waals surface area (Å²) in [5, 5.41) is 5.59. The minimum atomic E-state index is -0.807. The zero-order chi connectivity index (χ0) is 24.0. The third-order valence-electron chi connectivity index (χ3n) is 5.14. The Morgan fingerprint density at radius 2 is 1.61 bits per heavy atom. The highest BCUT2D eigenvalue weighted by Gasteiger charge is 2.35. The van der Waals surface area contributed by atoms with Crippen molar-refractivity contribution in [3.8, 4) is 5.75 Å². The SMILES string of the molecule is CCOC(=O)Oc1ccc(C(=O)Nc2ccc(NC(=O)C3CC(=O)N(C(C)C)C3)cc2)cc1. The molecule has 2 N–H and O–H groups in total. The summed E-state index contributed by atoms with van der Waals surface area (Å²) in [4.78, 5) is 50.0. The molecule has 174 valence electrons. The molecule has 2 aromatic rings. The van der Waals surface area contributed by atoms with Crippen molar-refractivity contribution in [2.75, 3.05) is 23.8 Å². The number of amides is 3. The van der Waals surface area contributed by atoms with Crippen molar-refractivity contribution in [2.24, 2.45) is 5.92 Å². The van der Waals surface area contributed by atoms with Gasteiger partial charge in [0.15, 0.2) is 0 Å². The number of carbonyl (C=O) groups is 4. The van der Waals surface area contributed by atoms with Gasteiger partial charge in [0.05, 0.1) is 12.5 Å². The number of nitrogens with one attached hydrogen (secondary N) is 2. The Hall–Kier alpha value is -3.88. The molecule has 0 aliphatic carbocycles. The van der Waals surface area contributed by atoms with Crippen LogP contribution in [-0.2, 0) is 14.3 Å². The zero-order valence-corrected chi connectivity index (χ0v) is 18.8. The predicted octanol–water partition coefficient (Wildman–Crippen LogP) is 3.67. The summed E-state index contributed by atoms with van der Waals surface area (Å²) >= 11 is 0. The van der Waals surface area contributed by atoms with Crippen molar-refractivity contribution >= 4 is 35.3 Å². The van der Waals surface area contributed by atoms with Crippen molar-refractivity contribution in [1.29, 1.82) is 0 Å². The topological polar surface area (TPSA) is 114 Å². The van der Waals surface area contributed by atoms with E-state index in [0.717, 1.165) is 0 Å². The average Bonchev–Trinajstić information content (AvgIpc) is 3.18. The van der Waals surface area contributed by atoms with Crippen molar-refractivity contribution in [1.82, 2.24) is 4.90 Å². The van der Waals surface area contributed by atoms with Gasteiger partial charge in [-0.25, -0.2) is 4.79 Å². The maximum Gasteiger partial charge on any atom is 0.513 e. The molecule has 33 heavy (non-hydrogen) atoms. The van der Waals surface area contributed by atoms with Gasteiger partial charge in [-0.1, -0.05) is 0 Å². The lowest BCUT2D eigenvalue weighted by Crippen LogP contribution is -2.33. The maximum absolute atomic E-state index is 12.5. The first-order valence-electron chi connectivity index (χ1n) is 10.7. The van der Waals surface area contributed by atoms with E-state index in [-0.39, 0.29) is 48.5 Å². The number of rotatable bonds is 7. The fourth-order valence-corrected chi connectivity index (χ4v) is 3.41. The van der Waals surface area contributed by atoms with E-state index in [0.29, 0.717) is 23.5 Å². The second-order valence-electron chi connectivity index (χ2n) is 7.87. The van der Waals surface area contributed by atoms with E-state index in [9.17, 15) is 19.2 Å². The minimum absolute atomic E-state index is 0.0105. The molecule has 1 saturated heterocycles. The van der Waals surface area contributed by atoms with Crippen LogP contribution in [0.1, 0.15) is 37.6 Å². The van der Waals surface area contributed by atoms with Crippen molar-refractivity contribution < 1.29 is 28.7 Å². The van der Waals surface area contributed by atoms with Crippen LogP contribution >= 0.6 is 0 Å². The number of carbonyl (C=O) groups excluding carboxylic acids is 4. The lowest BCUT2D eigenvalue weighted by atomic mass is 10.1.